The van der Waals surface area contributed by atoms with Crippen molar-refractivity contribution in [3.8, 4) is 0 Å². The highest BCUT2D eigenvalue weighted by Gasteiger charge is 2.39. The maximum Gasteiger partial charge on any atom is 0.290 e. The van der Waals surface area contributed by atoms with Gasteiger partial charge in [0.1, 0.15) is 6.04 Å². The Kier molecular flexibility index (Phi) is 6.70. The molecule has 3 amide bonds. The predicted molar refractivity (Wildman–Crippen MR) is 127 cm³/mol. The summed E-state index contributed by atoms with van der Waals surface area (Å²) in [5.74, 6) is 0.211. The molecular formula is C27H33N3O4. The number of amides is 3. The molecule has 2 saturated heterocycles. The Bertz CT molecular complexity index is 1020. The van der Waals surface area contributed by atoms with Crippen LogP contribution in [0.5, 0.6) is 0 Å². The molecular weight excluding hydrogens is 430 g/mol. The number of carbonyl (C=O) groups excluding carboxylic acids is 3. The lowest BCUT2D eigenvalue weighted by molar-refractivity contribution is -0.143. The smallest absolute Gasteiger partial charge is 0.290 e. The van der Waals surface area contributed by atoms with Crippen LogP contribution in [0.4, 0.5) is 0 Å². The number of nitrogens with zero attached hydrogens (tertiary/aromatic N) is 3. The molecule has 2 fully saturated rings. The number of furan rings is 1. The molecule has 2 aromatic rings. The molecule has 0 saturated carbocycles. The summed E-state index contributed by atoms with van der Waals surface area (Å²) < 4.78 is 5.36. The topological polar surface area (TPSA) is 74.1 Å². The van der Waals surface area contributed by atoms with E-state index in [4.69, 9.17) is 4.42 Å². The minimum absolute atomic E-state index is 0.00455. The van der Waals surface area contributed by atoms with Crippen molar-refractivity contribution in [2.45, 2.75) is 57.5 Å². The summed E-state index contributed by atoms with van der Waals surface area (Å²) in [6, 6.07) is 10.8. The van der Waals surface area contributed by atoms with Gasteiger partial charge in [-0.15, -0.1) is 0 Å². The average molecular weight is 464 g/mol. The van der Waals surface area contributed by atoms with E-state index in [9.17, 15) is 14.4 Å². The molecule has 5 rings (SSSR count). The second-order valence-corrected chi connectivity index (χ2v) is 9.74. The zero-order chi connectivity index (χ0) is 23.5. The first-order valence-electron chi connectivity index (χ1n) is 12.6. The van der Waals surface area contributed by atoms with Crippen molar-refractivity contribution in [2.75, 3.05) is 26.2 Å². The van der Waals surface area contributed by atoms with Crippen LogP contribution in [0, 0.1) is 5.92 Å². The number of piperidine rings is 1. The van der Waals surface area contributed by atoms with Crippen LogP contribution >= 0.6 is 0 Å². The SMILES string of the molecule is O=C(C1CCN(C(=O)C2Cc3ccccc3CN2C(=O)c2ccco2)CC1)N1CCCCCC1. The van der Waals surface area contributed by atoms with E-state index >= 15 is 0 Å². The third kappa shape index (κ3) is 4.61. The molecule has 3 aliphatic rings. The highest BCUT2D eigenvalue weighted by molar-refractivity contribution is 5.96. The Balaban J connectivity index is 1.28. The largest absolute Gasteiger partial charge is 0.459 e. The van der Waals surface area contributed by atoms with Gasteiger partial charge >= 0.3 is 0 Å². The molecule has 4 heterocycles. The highest BCUT2D eigenvalue weighted by atomic mass is 16.3. The molecule has 1 aromatic heterocycles. The van der Waals surface area contributed by atoms with Crippen LogP contribution in [0.1, 0.15) is 60.2 Å². The second-order valence-electron chi connectivity index (χ2n) is 9.74. The van der Waals surface area contributed by atoms with Gasteiger partial charge in [-0.1, -0.05) is 37.1 Å². The molecule has 3 aliphatic heterocycles. The first kappa shape index (κ1) is 22.7. The lowest BCUT2D eigenvalue weighted by Crippen LogP contribution is -2.55. The average Bonchev–Trinajstić information content (AvgIpc) is 3.29. The number of hydrogen-bond donors (Lipinski definition) is 0. The van der Waals surface area contributed by atoms with Crippen molar-refractivity contribution in [1.29, 1.82) is 0 Å². The van der Waals surface area contributed by atoms with Gasteiger partial charge in [0, 0.05) is 45.1 Å². The van der Waals surface area contributed by atoms with E-state index in [1.54, 1.807) is 17.0 Å². The van der Waals surface area contributed by atoms with Crippen LogP contribution in [0.15, 0.2) is 47.1 Å². The fourth-order valence-corrected chi connectivity index (χ4v) is 5.61. The van der Waals surface area contributed by atoms with E-state index in [0.29, 0.717) is 38.9 Å². The summed E-state index contributed by atoms with van der Waals surface area (Å²) >= 11 is 0. The molecule has 0 spiro atoms. The van der Waals surface area contributed by atoms with E-state index in [2.05, 4.69) is 0 Å². The molecule has 1 atom stereocenters. The van der Waals surface area contributed by atoms with Crippen LogP contribution in [0.3, 0.4) is 0 Å². The van der Waals surface area contributed by atoms with Crippen LogP contribution in [-0.2, 0) is 22.6 Å². The maximum atomic E-state index is 13.7. The number of likely N-dealkylation sites (tertiary alicyclic amines) is 2. The van der Waals surface area contributed by atoms with Gasteiger partial charge < -0.3 is 19.1 Å². The minimum Gasteiger partial charge on any atom is -0.459 e. The number of carbonyl (C=O) groups is 3. The van der Waals surface area contributed by atoms with Crippen LogP contribution in [-0.4, -0.2) is 64.6 Å². The van der Waals surface area contributed by atoms with Crippen molar-refractivity contribution in [3.05, 3.63) is 59.5 Å². The Labute approximate surface area is 200 Å². The highest BCUT2D eigenvalue weighted by Crippen LogP contribution is 2.28. The second kappa shape index (κ2) is 10.0. The Morgan fingerprint density at radius 3 is 2.12 bits per heavy atom. The van der Waals surface area contributed by atoms with Crippen LogP contribution < -0.4 is 0 Å². The van der Waals surface area contributed by atoms with E-state index in [-0.39, 0.29) is 29.4 Å². The quantitative estimate of drug-likeness (QED) is 0.699. The van der Waals surface area contributed by atoms with Gasteiger partial charge in [0.15, 0.2) is 5.76 Å². The predicted octanol–water partition coefficient (Wildman–Crippen LogP) is 3.49. The van der Waals surface area contributed by atoms with Crippen molar-refractivity contribution >= 4 is 17.7 Å². The molecule has 0 N–H and O–H groups in total. The van der Waals surface area contributed by atoms with Gasteiger partial charge in [0.25, 0.3) is 5.91 Å². The van der Waals surface area contributed by atoms with Crippen LogP contribution in [0.25, 0.3) is 0 Å². The monoisotopic (exact) mass is 463 g/mol. The maximum absolute atomic E-state index is 13.7. The molecule has 0 radical (unpaired) electrons. The van der Waals surface area contributed by atoms with Crippen molar-refractivity contribution in [3.63, 3.8) is 0 Å². The van der Waals surface area contributed by atoms with Gasteiger partial charge in [-0.2, -0.15) is 0 Å². The summed E-state index contributed by atoms with van der Waals surface area (Å²) in [7, 11) is 0. The summed E-state index contributed by atoms with van der Waals surface area (Å²) in [6.07, 6.45) is 7.94. The normalized spacial score (nSPS) is 21.6. The van der Waals surface area contributed by atoms with Crippen molar-refractivity contribution in [1.82, 2.24) is 14.7 Å². The Morgan fingerprint density at radius 1 is 0.765 bits per heavy atom. The molecule has 34 heavy (non-hydrogen) atoms. The zero-order valence-corrected chi connectivity index (χ0v) is 19.7. The third-order valence-corrected chi connectivity index (χ3v) is 7.60. The molecule has 180 valence electrons. The fraction of sp³-hybridized carbons (Fsp3) is 0.519. The minimum atomic E-state index is -0.564. The summed E-state index contributed by atoms with van der Waals surface area (Å²) in [5, 5.41) is 0. The molecule has 0 bridgehead atoms. The summed E-state index contributed by atoms with van der Waals surface area (Å²) in [5.41, 5.74) is 2.17. The lowest BCUT2D eigenvalue weighted by Gasteiger charge is -2.40. The number of benzene rings is 1. The molecule has 7 heteroatoms. The van der Waals surface area contributed by atoms with E-state index in [0.717, 1.165) is 37.1 Å². The summed E-state index contributed by atoms with van der Waals surface area (Å²) in [4.78, 5) is 45.5. The molecule has 7 nitrogen and oxygen atoms in total. The van der Waals surface area contributed by atoms with Gasteiger partial charge in [-0.25, -0.2) is 0 Å². The number of hydrogen-bond acceptors (Lipinski definition) is 4. The van der Waals surface area contributed by atoms with Gasteiger partial charge in [0.05, 0.1) is 6.26 Å². The Morgan fingerprint density at radius 2 is 1.44 bits per heavy atom. The third-order valence-electron chi connectivity index (χ3n) is 7.60. The standard InChI is InChI=1S/C27H33N3O4/c31-25(28-13-5-1-2-6-14-28)20-11-15-29(16-12-20)26(32)23-18-21-8-3-4-9-22(21)19-30(23)27(33)24-10-7-17-34-24/h3-4,7-10,17,20,23H,1-2,5-6,11-16,18-19H2. The van der Waals surface area contributed by atoms with Crippen molar-refractivity contribution in [2.24, 2.45) is 5.92 Å². The zero-order valence-electron chi connectivity index (χ0n) is 19.7. The molecule has 1 aromatic carbocycles. The Hall–Kier alpha value is -3.09. The first-order valence-corrected chi connectivity index (χ1v) is 12.6. The lowest BCUT2D eigenvalue weighted by atomic mass is 9.91. The van der Waals surface area contributed by atoms with E-state index in [1.807, 2.05) is 34.1 Å². The van der Waals surface area contributed by atoms with Crippen LogP contribution in [0.2, 0.25) is 0 Å². The van der Waals surface area contributed by atoms with Gasteiger partial charge in [0.2, 0.25) is 11.8 Å². The van der Waals surface area contributed by atoms with Gasteiger partial charge in [-0.3, -0.25) is 14.4 Å². The molecule has 0 aliphatic carbocycles. The van der Waals surface area contributed by atoms with E-state index < -0.39 is 6.04 Å². The number of fused-ring (bicyclic) bond motifs is 1. The fourth-order valence-electron chi connectivity index (χ4n) is 5.61. The molecule has 1 unspecified atom stereocenters. The first-order chi connectivity index (χ1) is 16.6. The van der Waals surface area contributed by atoms with Crippen molar-refractivity contribution < 1.29 is 18.8 Å². The summed E-state index contributed by atoms with van der Waals surface area (Å²) in [6.45, 7) is 3.23. The van der Waals surface area contributed by atoms with E-state index in [1.165, 1.54) is 19.1 Å². The number of rotatable bonds is 3. The van der Waals surface area contributed by atoms with Gasteiger partial charge in [-0.05, 0) is 48.9 Å².